The van der Waals surface area contributed by atoms with Crippen molar-refractivity contribution in [2.45, 2.75) is 18.4 Å². The maximum atomic E-state index is 12.9. The lowest BCUT2D eigenvalue weighted by Crippen LogP contribution is -2.41. The van der Waals surface area contributed by atoms with Gasteiger partial charge in [-0.15, -0.1) is 0 Å². The Balaban J connectivity index is 1.67. The first-order chi connectivity index (χ1) is 10.8. The van der Waals surface area contributed by atoms with Crippen molar-refractivity contribution < 1.29 is 9.53 Å². The molecule has 0 fully saturated rings. The molecular weight excluding hydrogens is 272 g/mol. The molecule has 0 saturated heterocycles. The molecule has 2 heteroatoms. The maximum Gasteiger partial charge on any atom is 0.207 e. The van der Waals surface area contributed by atoms with Gasteiger partial charge in [-0.05, 0) is 22.4 Å². The largest absolute Gasteiger partial charge is 0.478 e. The van der Waals surface area contributed by atoms with Gasteiger partial charge < -0.3 is 4.74 Å². The predicted molar refractivity (Wildman–Crippen MR) is 85.5 cm³/mol. The van der Waals surface area contributed by atoms with Crippen LogP contribution in [0.25, 0.3) is 10.8 Å². The van der Waals surface area contributed by atoms with Gasteiger partial charge in [0.2, 0.25) is 5.78 Å². The minimum Gasteiger partial charge on any atom is -0.478 e. The van der Waals surface area contributed by atoms with Gasteiger partial charge in [0.05, 0.1) is 0 Å². The molecule has 1 atom stereocenters. The van der Waals surface area contributed by atoms with E-state index in [1.807, 2.05) is 42.5 Å². The topological polar surface area (TPSA) is 26.3 Å². The van der Waals surface area contributed by atoms with Gasteiger partial charge in [0.1, 0.15) is 5.75 Å². The van der Waals surface area contributed by atoms with Crippen molar-refractivity contribution in [3.05, 3.63) is 77.4 Å². The molecule has 0 bridgehead atoms. The highest BCUT2D eigenvalue weighted by Crippen LogP contribution is 2.45. The first kappa shape index (κ1) is 12.0. The Hall–Kier alpha value is -2.61. The monoisotopic (exact) mass is 286 g/mol. The third-order valence-electron chi connectivity index (χ3n) is 4.92. The van der Waals surface area contributed by atoms with Crippen LogP contribution in [0.5, 0.6) is 5.75 Å². The summed E-state index contributed by atoms with van der Waals surface area (Å²) in [6, 6.07) is 20.2. The van der Waals surface area contributed by atoms with Gasteiger partial charge in [-0.2, -0.15) is 0 Å². The van der Waals surface area contributed by atoms with Gasteiger partial charge in [0, 0.05) is 24.0 Å². The summed E-state index contributed by atoms with van der Waals surface area (Å²) in [6.45, 7) is 0. The van der Waals surface area contributed by atoms with Gasteiger partial charge in [-0.1, -0.05) is 54.6 Å². The van der Waals surface area contributed by atoms with E-state index in [2.05, 4.69) is 18.2 Å². The minimum absolute atomic E-state index is 0.128. The van der Waals surface area contributed by atoms with E-state index in [0.29, 0.717) is 12.8 Å². The summed E-state index contributed by atoms with van der Waals surface area (Å²) in [5.41, 5.74) is 2.36. The van der Waals surface area contributed by atoms with E-state index in [1.165, 1.54) is 16.3 Å². The zero-order valence-electron chi connectivity index (χ0n) is 12.0. The summed E-state index contributed by atoms with van der Waals surface area (Å²) in [6.07, 6.45) is 1.34. The molecule has 1 aliphatic heterocycles. The van der Waals surface area contributed by atoms with Crippen molar-refractivity contribution in [1.29, 1.82) is 0 Å². The van der Waals surface area contributed by atoms with Gasteiger partial charge >= 0.3 is 0 Å². The summed E-state index contributed by atoms with van der Waals surface area (Å²) in [4.78, 5) is 12.9. The molecule has 0 aromatic heterocycles. The Morgan fingerprint density at radius 2 is 1.68 bits per heavy atom. The number of Topliss-reactive ketones (excluding diaryl/α,β-unsaturated/α-hetero) is 1. The molecule has 1 unspecified atom stereocenters. The molecule has 2 aliphatic rings. The van der Waals surface area contributed by atoms with E-state index in [-0.39, 0.29) is 5.78 Å². The highest BCUT2D eigenvalue weighted by Gasteiger charge is 2.51. The molecule has 22 heavy (non-hydrogen) atoms. The van der Waals surface area contributed by atoms with Crippen LogP contribution in [0.1, 0.15) is 21.5 Å². The lowest BCUT2D eigenvalue weighted by Gasteiger charge is -2.20. The van der Waals surface area contributed by atoms with E-state index in [4.69, 9.17) is 4.74 Å². The first-order valence-electron chi connectivity index (χ1n) is 7.59. The second-order valence-electron chi connectivity index (χ2n) is 6.20. The maximum absolute atomic E-state index is 12.9. The molecule has 0 amide bonds. The summed E-state index contributed by atoms with van der Waals surface area (Å²) in [5.74, 6) is 0.989. The number of fused-ring (bicyclic) bond motifs is 4. The molecule has 2 nitrogen and oxygen atoms in total. The number of rotatable bonds is 0. The fourth-order valence-corrected chi connectivity index (χ4v) is 3.88. The van der Waals surface area contributed by atoms with Crippen LogP contribution >= 0.6 is 0 Å². The number of ketones is 1. The Morgan fingerprint density at radius 3 is 2.59 bits per heavy atom. The van der Waals surface area contributed by atoms with Gasteiger partial charge in [-0.3, -0.25) is 4.79 Å². The summed E-state index contributed by atoms with van der Waals surface area (Å²) in [7, 11) is 0. The molecule has 0 N–H and O–H groups in total. The van der Waals surface area contributed by atoms with Crippen LogP contribution in [0.2, 0.25) is 0 Å². The molecular formula is C20H14O2. The Kier molecular flexibility index (Phi) is 2.17. The highest BCUT2D eigenvalue weighted by atomic mass is 16.5. The Morgan fingerprint density at radius 1 is 0.864 bits per heavy atom. The van der Waals surface area contributed by atoms with E-state index < -0.39 is 5.60 Å². The average Bonchev–Trinajstić information content (AvgIpc) is 3.06. The van der Waals surface area contributed by atoms with Crippen LogP contribution < -0.4 is 4.74 Å². The second kappa shape index (κ2) is 3.98. The lowest BCUT2D eigenvalue weighted by atomic mass is 9.91. The quantitative estimate of drug-likeness (QED) is 0.625. The number of hydrogen-bond acceptors (Lipinski definition) is 2. The number of hydrogen-bond donors (Lipinski definition) is 0. The smallest absolute Gasteiger partial charge is 0.207 e. The number of benzene rings is 3. The van der Waals surface area contributed by atoms with Crippen molar-refractivity contribution in [2.24, 2.45) is 0 Å². The summed E-state index contributed by atoms with van der Waals surface area (Å²) in [5, 5.41) is 2.39. The van der Waals surface area contributed by atoms with Crippen LogP contribution in [-0.4, -0.2) is 11.4 Å². The predicted octanol–water partition coefficient (Wildman–Crippen LogP) is 3.95. The van der Waals surface area contributed by atoms with E-state index in [9.17, 15) is 4.79 Å². The zero-order valence-corrected chi connectivity index (χ0v) is 12.0. The molecule has 0 saturated carbocycles. The molecule has 1 spiro atoms. The van der Waals surface area contributed by atoms with Crippen LogP contribution in [0.15, 0.2) is 60.7 Å². The van der Waals surface area contributed by atoms with Crippen LogP contribution in [0.3, 0.4) is 0 Å². The van der Waals surface area contributed by atoms with E-state index in [1.54, 1.807) is 0 Å². The number of carbonyl (C=O) groups excluding carboxylic acids is 1. The van der Waals surface area contributed by atoms with E-state index >= 15 is 0 Å². The van der Waals surface area contributed by atoms with Crippen molar-refractivity contribution in [1.82, 2.24) is 0 Å². The molecule has 3 aromatic carbocycles. The molecule has 5 rings (SSSR count). The number of ether oxygens (including phenoxy) is 1. The molecule has 106 valence electrons. The fourth-order valence-electron chi connectivity index (χ4n) is 3.88. The van der Waals surface area contributed by atoms with Crippen LogP contribution in [0.4, 0.5) is 0 Å². The standard InChI is InChI=1S/C20H14O2/c21-19-16-8-4-2-6-14(16)11-20(19)12-17-15-7-3-1-5-13(15)9-10-18(17)22-20/h1-10H,11-12H2. The van der Waals surface area contributed by atoms with Gasteiger partial charge in [0.25, 0.3) is 0 Å². The van der Waals surface area contributed by atoms with E-state index in [0.717, 1.165) is 16.9 Å². The van der Waals surface area contributed by atoms with Crippen molar-refractivity contribution in [3.63, 3.8) is 0 Å². The van der Waals surface area contributed by atoms with Gasteiger partial charge in [-0.25, -0.2) is 0 Å². The van der Waals surface area contributed by atoms with Crippen molar-refractivity contribution in [3.8, 4) is 5.75 Å². The number of carbonyl (C=O) groups is 1. The average molecular weight is 286 g/mol. The summed E-state index contributed by atoms with van der Waals surface area (Å²) >= 11 is 0. The zero-order chi connectivity index (χ0) is 14.7. The Labute approximate surface area is 128 Å². The SMILES string of the molecule is O=C1c2ccccc2CC12Cc1c(ccc3ccccc13)O2. The van der Waals surface area contributed by atoms with Crippen molar-refractivity contribution in [2.75, 3.05) is 0 Å². The normalized spacial score (nSPS) is 21.9. The molecule has 0 radical (unpaired) electrons. The third kappa shape index (κ3) is 1.42. The first-order valence-corrected chi connectivity index (χ1v) is 7.59. The fraction of sp³-hybridized carbons (Fsp3) is 0.150. The van der Waals surface area contributed by atoms with Gasteiger partial charge in [0.15, 0.2) is 5.60 Å². The van der Waals surface area contributed by atoms with Crippen molar-refractivity contribution >= 4 is 16.6 Å². The third-order valence-corrected chi connectivity index (χ3v) is 4.92. The van der Waals surface area contributed by atoms with Crippen LogP contribution in [0, 0.1) is 0 Å². The molecule has 3 aromatic rings. The molecule has 1 aliphatic carbocycles. The highest BCUT2D eigenvalue weighted by molar-refractivity contribution is 6.08. The molecule has 1 heterocycles. The minimum atomic E-state index is -0.726. The Bertz CT molecular complexity index is 941. The lowest BCUT2D eigenvalue weighted by molar-refractivity contribution is 0.0583. The van der Waals surface area contributed by atoms with Crippen LogP contribution in [-0.2, 0) is 12.8 Å². The second-order valence-corrected chi connectivity index (χ2v) is 6.20. The summed E-state index contributed by atoms with van der Waals surface area (Å²) < 4.78 is 6.21.